The molecule has 0 unspecified atom stereocenters. The molecular weight excluding hydrogens is 475 g/mol. The fourth-order valence-electron chi connectivity index (χ4n) is 2.25. The second kappa shape index (κ2) is 8.33. The Labute approximate surface area is 152 Å². The van der Waals surface area contributed by atoms with Crippen LogP contribution in [0.5, 0.6) is 0 Å². The number of rotatable bonds is 8. The number of hydrogen-bond acceptors (Lipinski definition) is 7. The first-order chi connectivity index (χ1) is 11.3. The van der Waals surface area contributed by atoms with E-state index in [-0.39, 0.29) is 0 Å². The molecule has 3 nitrogen and oxygen atoms in total. The molecule has 0 amide bonds. The molecule has 0 N–H and O–H groups in total. The summed E-state index contributed by atoms with van der Waals surface area (Å²) in [7, 11) is 9.08. The number of hydrogen-bond donors (Lipinski definition) is 0. The molecule has 0 aliphatic carbocycles. The van der Waals surface area contributed by atoms with Crippen LogP contribution in [0.4, 0.5) is 0 Å². The maximum absolute atomic E-state index is 5.46. The Kier molecular flexibility index (Phi) is 6.41. The second-order valence-corrected chi connectivity index (χ2v) is 46.6. The number of ether oxygens (including phenoxy) is 3. The zero-order valence-electron chi connectivity index (χ0n) is 12.7. The first kappa shape index (κ1) is 17.7. The van der Waals surface area contributed by atoms with Crippen LogP contribution in [-0.2, 0) is 14.2 Å². The molecule has 1 aromatic carbocycles. The Morgan fingerprint density at radius 1 is 0.696 bits per heavy atom. The zero-order valence-corrected chi connectivity index (χ0v) is 18.8. The van der Waals surface area contributed by atoms with Gasteiger partial charge in [0.2, 0.25) is 0 Å². The van der Waals surface area contributed by atoms with Crippen LogP contribution >= 0.6 is 35.8 Å². The Morgan fingerprint density at radius 2 is 1.13 bits per heavy atom. The van der Waals surface area contributed by atoms with Crippen LogP contribution in [0, 0.1) is 0 Å². The van der Waals surface area contributed by atoms with Crippen molar-refractivity contribution in [2.24, 2.45) is 0 Å². The van der Waals surface area contributed by atoms with Crippen LogP contribution in [0.1, 0.15) is 0 Å². The van der Waals surface area contributed by atoms with Crippen molar-refractivity contribution >= 4 is 48.6 Å². The van der Waals surface area contributed by atoms with Crippen molar-refractivity contribution in [1.29, 1.82) is 0 Å². The summed E-state index contributed by atoms with van der Waals surface area (Å²) >= 11 is -2.61. The van der Waals surface area contributed by atoms with Gasteiger partial charge >= 0.3 is 153 Å². The van der Waals surface area contributed by atoms with Crippen LogP contribution in [0.15, 0.2) is 35.2 Å². The summed E-state index contributed by atoms with van der Waals surface area (Å²) in [5.74, 6) is 0. The molecule has 3 heterocycles. The quantitative estimate of drug-likeness (QED) is 0.509. The molecule has 126 valence electrons. The molecule has 4 rings (SSSR count). The van der Waals surface area contributed by atoms with Crippen LogP contribution in [0.25, 0.3) is 0 Å². The van der Waals surface area contributed by atoms with E-state index >= 15 is 0 Å². The SMILES string of the molecule is c1ccc([S][Sn]([S]C2COC2)([S]C2COC2)[S]C2COC2)cc1. The first-order valence-electron chi connectivity index (χ1n) is 7.82. The van der Waals surface area contributed by atoms with Crippen LogP contribution in [0.2, 0.25) is 0 Å². The molecule has 3 aliphatic rings. The first-order valence-corrected chi connectivity index (χ1v) is 25.3. The van der Waals surface area contributed by atoms with E-state index in [1.54, 1.807) is 0 Å². The molecule has 0 saturated carbocycles. The molecule has 3 fully saturated rings. The van der Waals surface area contributed by atoms with E-state index in [1.807, 2.05) is 0 Å². The minimum atomic E-state index is -2.61. The van der Waals surface area contributed by atoms with Crippen molar-refractivity contribution in [2.45, 2.75) is 20.6 Å². The molecule has 0 bridgehead atoms. The maximum atomic E-state index is 5.46. The average molecular weight is 495 g/mol. The molecule has 23 heavy (non-hydrogen) atoms. The molecule has 0 atom stereocenters. The van der Waals surface area contributed by atoms with Gasteiger partial charge in [0.1, 0.15) is 0 Å². The van der Waals surface area contributed by atoms with Gasteiger partial charge in [-0.3, -0.25) is 0 Å². The predicted octanol–water partition coefficient (Wildman–Crippen LogP) is 3.61. The molecule has 0 aromatic heterocycles. The summed E-state index contributed by atoms with van der Waals surface area (Å²) in [6.45, 7) is 5.60. The standard InChI is InChI=1S/C6H6S.3C3H6OS.Sn/c7-6-4-2-1-3-5-6;3*5-3-1-4-2-3;/h1-5,7H;3*3,5H,1-2H2;/q;;;;+4/p-4. The number of benzene rings is 1. The van der Waals surface area contributed by atoms with Gasteiger partial charge in [-0.05, 0) is 0 Å². The van der Waals surface area contributed by atoms with Crippen molar-refractivity contribution in [1.82, 2.24) is 0 Å². The van der Waals surface area contributed by atoms with Gasteiger partial charge in [0.25, 0.3) is 0 Å². The Bertz CT molecular complexity index is 468. The van der Waals surface area contributed by atoms with E-state index < -0.39 is 12.8 Å². The van der Waals surface area contributed by atoms with Gasteiger partial charge in [-0.2, -0.15) is 0 Å². The van der Waals surface area contributed by atoms with Gasteiger partial charge in [-0.15, -0.1) is 0 Å². The Hall–Kier alpha value is 1.30. The normalized spacial score (nSPS) is 23.1. The molecule has 8 heteroatoms. The third kappa shape index (κ3) is 4.72. The van der Waals surface area contributed by atoms with Gasteiger partial charge < -0.3 is 0 Å². The van der Waals surface area contributed by atoms with Crippen molar-refractivity contribution < 1.29 is 14.2 Å². The Morgan fingerprint density at radius 3 is 1.48 bits per heavy atom. The summed E-state index contributed by atoms with van der Waals surface area (Å²) in [6.07, 6.45) is 0. The van der Waals surface area contributed by atoms with E-state index in [4.69, 9.17) is 14.2 Å². The van der Waals surface area contributed by atoms with E-state index in [1.165, 1.54) is 4.90 Å². The van der Waals surface area contributed by atoms with Crippen molar-refractivity contribution in [3.63, 3.8) is 0 Å². The molecule has 3 saturated heterocycles. The van der Waals surface area contributed by atoms with Crippen LogP contribution < -0.4 is 0 Å². The third-order valence-corrected chi connectivity index (χ3v) is 49.8. The van der Waals surface area contributed by atoms with Gasteiger partial charge in [0, 0.05) is 0 Å². The summed E-state index contributed by atoms with van der Waals surface area (Å²) in [5.41, 5.74) is 0. The summed E-state index contributed by atoms with van der Waals surface area (Å²) in [6, 6.07) is 11.0. The summed E-state index contributed by atoms with van der Waals surface area (Å²) < 4.78 is 16.4. The predicted molar refractivity (Wildman–Crippen MR) is 105 cm³/mol. The molecule has 0 spiro atoms. The van der Waals surface area contributed by atoms with E-state index in [0.717, 1.165) is 39.6 Å². The van der Waals surface area contributed by atoms with Gasteiger partial charge in [-0.1, -0.05) is 0 Å². The molecule has 1 aromatic rings. The van der Waals surface area contributed by atoms with Crippen LogP contribution in [0.3, 0.4) is 0 Å². The third-order valence-electron chi connectivity index (χ3n) is 3.74. The van der Waals surface area contributed by atoms with Crippen molar-refractivity contribution in [3.8, 4) is 0 Å². The zero-order chi connectivity index (χ0) is 15.5. The van der Waals surface area contributed by atoms with Crippen LogP contribution in [-0.4, -0.2) is 68.2 Å². The van der Waals surface area contributed by atoms with E-state index in [0.29, 0.717) is 15.7 Å². The average Bonchev–Trinajstić information content (AvgIpc) is 2.44. The molecular formula is C15H20O3S4Sn. The fraction of sp³-hybridized carbons (Fsp3) is 0.600. The van der Waals surface area contributed by atoms with Crippen molar-refractivity contribution in [2.75, 3.05) is 39.6 Å². The Balaban J connectivity index is 1.53. The summed E-state index contributed by atoms with van der Waals surface area (Å²) in [5, 5.41) is 2.09. The van der Waals surface area contributed by atoms with E-state index in [2.05, 4.69) is 66.1 Å². The van der Waals surface area contributed by atoms with Gasteiger partial charge in [0.05, 0.1) is 0 Å². The molecule has 3 aliphatic heterocycles. The fourth-order valence-corrected chi connectivity index (χ4v) is 62.3. The minimum absolute atomic E-state index is 0.698. The van der Waals surface area contributed by atoms with Crippen molar-refractivity contribution in [3.05, 3.63) is 30.3 Å². The van der Waals surface area contributed by atoms with E-state index in [9.17, 15) is 0 Å². The summed E-state index contributed by atoms with van der Waals surface area (Å²) in [4.78, 5) is 1.43. The second-order valence-electron chi connectivity index (χ2n) is 5.75. The van der Waals surface area contributed by atoms with Gasteiger partial charge in [-0.25, -0.2) is 0 Å². The topological polar surface area (TPSA) is 27.7 Å². The molecule has 0 radical (unpaired) electrons. The monoisotopic (exact) mass is 496 g/mol. The van der Waals surface area contributed by atoms with Gasteiger partial charge in [0.15, 0.2) is 0 Å².